The van der Waals surface area contributed by atoms with Crippen molar-refractivity contribution in [1.29, 1.82) is 0 Å². The van der Waals surface area contributed by atoms with E-state index >= 15 is 0 Å². The molecule has 5 heteroatoms. The van der Waals surface area contributed by atoms with Crippen LogP contribution in [-0.2, 0) is 22.6 Å². The normalized spacial score (nSPS) is 10.1. The maximum Gasteiger partial charge on any atom is 0.313 e. The van der Waals surface area contributed by atoms with E-state index in [4.69, 9.17) is 11.6 Å². The van der Waals surface area contributed by atoms with Gasteiger partial charge in [0.1, 0.15) is 0 Å². The zero-order valence-electron chi connectivity index (χ0n) is 12.2. The van der Waals surface area contributed by atoms with Gasteiger partial charge in [0.15, 0.2) is 0 Å². The summed E-state index contributed by atoms with van der Waals surface area (Å²) in [7, 11) is 0. The number of benzene rings is 2. The van der Waals surface area contributed by atoms with Crippen LogP contribution in [0.25, 0.3) is 0 Å². The third kappa shape index (κ3) is 4.09. The van der Waals surface area contributed by atoms with Gasteiger partial charge in [-0.25, -0.2) is 0 Å². The molecule has 2 rings (SSSR count). The minimum absolute atomic E-state index is 0.210. The van der Waals surface area contributed by atoms with E-state index in [1.54, 1.807) is 18.2 Å². The van der Waals surface area contributed by atoms with Crippen molar-refractivity contribution in [2.75, 3.05) is 5.32 Å². The van der Waals surface area contributed by atoms with Crippen molar-refractivity contribution in [2.24, 2.45) is 0 Å². The Bertz CT molecular complexity index is 686. The smallest absolute Gasteiger partial charge is 0.313 e. The second-order valence-corrected chi connectivity index (χ2v) is 5.15. The monoisotopic (exact) mass is 316 g/mol. The van der Waals surface area contributed by atoms with Crippen molar-refractivity contribution >= 4 is 29.1 Å². The van der Waals surface area contributed by atoms with E-state index < -0.39 is 11.8 Å². The molecule has 22 heavy (non-hydrogen) atoms. The lowest BCUT2D eigenvalue weighted by molar-refractivity contribution is -0.136. The topological polar surface area (TPSA) is 58.2 Å². The number of carbonyl (C=O) groups is 2. The van der Waals surface area contributed by atoms with Crippen molar-refractivity contribution in [3.05, 3.63) is 64.7 Å². The van der Waals surface area contributed by atoms with Crippen LogP contribution >= 0.6 is 11.6 Å². The Hall–Kier alpha value is -2.33. The van der Waals surface area contributed by atoms with Crippen LogP contribution in [0.4, 0.5) is 5.69 Å². The Balaban J connectivity index is 1.95. The van der Waals surface area contributed by atoms with Gasteiger partial charge < -0.3 is 10.6 Å². The minimum atomic E-state index is -0.689. The number of carbonyl (C=O) groups excluding carboxylic acids is 2. The van der Waals surface area contributed by atoms with E-state index in [2.05, 4.69) is 10.6 Å². The molecular formula is C17H17ClN2O2. The number of aryl methyl sites for hydroxylation is 1. The summed E-state index contributed by atoms with van der Waals surface area (Å²) in [5.41, 5.74) is 2.40. The Kier molecular flexibility index (Phi) is 5.55. The van der Waals surface area contributed by atoms with Crippen molar-refractivity contribution < 1.29 is 9.59 Å². The van der Waals surface area contributed by atoms with E-state index in [0.29, 0.717) is 10.7 Å². The molecule has 2 aromatic carbocycles. The number of hydrogen-bond donors (Lipinski definition) is 2. The molecule has 0 saturated heterocycles. The molecule has 0 aliphatic carbocycles. The zero-order valence-corrected chi connectivity index (χ0v) is 13.0. The maximum absolute atomic E-state index is 11.9. The highest BCUT2D eigenvalue weighted by Gasteiger charge is 2.15. The molecule has 0 aliphatic rings. The number of rotatable bonds is 4. The van der Waals surface area contributed by atoms with Crippen LogP contribution in [0.5, 0.6) is 0 Å². The van der Waals surface area contributed by atoms with Crippen LogP contribution in [-0.4, -0.2) is 11.8 Å². The summed E-state index contributed by atoms with van der Waals surface area (Å²) in [6.07, 6.45) is 0.775. The highest BCUT2D eigenvalue weighted by molar-refractivity contribution is 6.39. The third-order valence-electron chi connectivity index (χ3n) is 3.25. The van der Waals surface area contributed by atoms with Crippen LogP contribution in [0.1, 0.15) is 18.1 Å². The standard InChI is InChI=1S/C17H17ClN2O2/c1-2-12-7-4-6-10-15(12)20-17(22)16(21)19-11-13-8-3-5-9-14(13)18/h3-10H,2,11H2,1H3,(H,19,21)(H,20,22). The van der Waals surface area contributed by atoms with Crippen LogP contribution in [0, 0.1) is 0 Å². The highest BCUT2D eigenvalue weighted by Crippen LogP contribution is 2.16. The lowest BCUT2D eigenvalue weighted by Crippen LogP contribution is -2.35. The van der Waals surface area contributed by atoms with Crippen LogP contribution in [0.3, 0.4) is 0 Å². The van der Waals surface area contributed by atoms with Gasteiger partial charge in [-0.3, -0.25) is 9.59 Å². The highest BCUT2D eigenvalue weighted by atomic mass is 35.5. The van der Waals surface area contributed by atoms with Crippen molar-refractivity contribution in [3.8, 4) is 0 Å². The molecule has 0 spiro atoms. The first-order chi connectivity index (χ1) is 10.6. The third-order valence-corrected chi connectivity index (χ3v) is 3.62. The van der Waals surface area contributed by atoms with E-state index in [-0.39, 0.29) is 6.54 Å². The summed E-state index contributed by atoms with van der Waals surface area (Å²) in [5.74, 6) is -1.38. The summed E-state index contributed by atoms with van der Waals surface area (Å²) in [6.45, 7) is 2.20. The molecule has 0 aliphatic heterocycles. The lowest BCUT2D eigenvalue weighted by Gasteiger charge is -2.10. The maximum atomic E-state index is 11.9. The predicted octanol–water partition coefficient (Wildman–Crippen LogP) is 3.16. The predicted molar refractivity (Wildman–Crippen MR) is 87.7 cm³/mol. The van der Waals surface area contributed by atoms with Gasteiger partial charge in [-0.15, -0.1) is 0 Å². The van der Waals surface area contributed by atoms with Gasteiger partial charge in [-0.05, 0) is 29.7 Å². The van der Waals surface area contributed by atoms with Gasteiger partial charge in [-0.1, -0.05) is 54.9 Å². The van der Waals surface area contributed by atoms with Gasteiger partial charge in [0.05, 0.1) is 0 Å². The summed E-state index contributed by atoms with van der Waals surface area (Å²) in [6, 6.07) is 14.6. The number of amides is 2. The fourth-order valence-electron chi connectivity index (χ4n) is 2.03. The Labute approximate surface area is 134 Å². The molecule has 0 bridgehead atoms. The van der Waals surface area contributed by atoms with Crippen LogP contribution < -0.4 is 10.6 Å². The van der Waals surface area contributed by atoms with Gasteiger partial charge in [0, 0.05) is 17.3 Å². The quantitative estimate of drug-likeness (QED) is 0.851. The average molecular weight is 317 g/mol. The number of hydrogen-bond acceptors (Lipinski definition) is 2. The van der Waals surface area contributed by atoms with Crippen molar-refractivity contribution in [3.63, 3.8) is 0 Å². The summed E-state index contributed by atoms with van der Waals surface area (Å²) >= 11 is 6.00. The second kappa shape index (κ2) is 7.61. The molecule has 114 valence electrons. The Morgan fingerprint density at radius 1 is 0.955 bits per heavy atom. The van der Waals surface area contributed by atoms with Crippen molar-refractivity contribution in [2.45, 2.75) is 19.9 Å². The van der Waals surface area contributed by atoms with E-state index in [1.807, 2.05) is 37.3 Å². The molecule has 4 nitrogen and oxygen atoms in total. The van der Waals surface area contributed by atoms with Crippen LogP contribution in [0.15, 0.2) is 48.5 Å². The van der Waals surface area contributed by atoms with Gasteiger partial charge >= 0.3 is 11.8 Å². The molecule has 2 N–H and O–H groups in total. The summed E-state index contributed by atoms with van der Waals surface area (Å²) in [5, 5.41) is 5.75. The molecule has 2 amide bonds. The second-order valence-electron chi connectivity index (χ2n) is 4.74. The lowest BCUT2D eigenvalue weighted by atomic mass is 10.1. The molecule has 0 aromatic heterocycles. The molecule has 2 aromatic rings. The molecule has 0 unspecified atom stereocenters. The molecule has 0 radical (unpaired) electrons. The molecule has 0 saturated carbocycles. The zero-order chi connectivity index (χ0) is 15.9. The number of anilines is 1. The SMILES string of the molecule is CCc1ccccc1NC(=O)C(=O)NCc1ccccc1Cl. The fraction of sp³-hybridized carbons (Fsp3) is 0.176. The summed E-state index contributed by atoms with van der Waals surface area (Å²) < 4.78 is 0. The Morgan fingerprint density at radius 2 is 1.59 bits per heavy atom. The first kappa shape index (κ1) is 16.0. The molecule has 0 fully saturated rings. The van der Waals surface area contributed by atoms with Crippen LogP contribution in [0.2, 0.25) is 5.02 Å². The first-order valence-electron chi connectivity index (χ1n) is 7.02. The number of halogens is 1. The average Bonchev–Trinajstić information content (AvgIpc) is 2.54. The summed E-state index contributed by atoms with van der Waals surface area (Å²) in [4.78, 5) is 23.8. The van der Waals surface area contributed by atoms with Crippen molar-refractivity contribution in [1.82, 2.24) is 5.32 Å². The van der Waals surface area contributed by atoms with Gasteiger partial charge in [0.2, 0.25) is 0 Å². The van der Waals surface area contributed by atoms with E-state index in [9.17, 15) is 9.59 Å². The van der Waals surface area contributed by atoms with E-state index in [1.165, 1.54) is 0 Å². The molecule has 0 heterocycles. The largest absolute Gasteiger partial charge is 0.344 e. The number of nitrogens with one attached hydrogen (secondary N) is 2. The minimum Gasteiger partial charge on any atom is -0.344 e. The Morgan fingerprint density at radius 3 is 2.27 bits per heavy atom. The molecular weight excluding hydrogens is 300 g/mol. The fourth-order valence-corrected chi connectivity index (χ4v) is 2.23. The molecule has 0 atom stereocenters. The van der Waals surface area contributed by atoms with Gasteiger partial charge in [0.25, 0.3) is 0 Å². The van der Waals surface area contributed by atoms with Gasteiger partial charge in [-0.2, -0.15) is 0 Å². The van der Waals surface area contributed by atoms with E-state index in [0.717, 1.165) is 17.5 Å². The first-order valence-corrected chi connectivity index (χ1v) is 7.40. The number of para-hydroxylation sites is 1.